The molecule has 2 aromatic carbocycles. The van der Waals surface area contributed by atoms with Crippen molar-refractivity contribution in [3.8, 4) is 11.1 Å². The molecule has 7 nitrogen and oxygen atoms in total. The van der Waals surface area contributed by atoms with Gasteiger partial charge in [-0.3, -0.25) is 0 Å². The van der Waals surface area contributed by atoms with E-state index in [4.69, 9.17) is 11.5 Å². The van der Waals surface area contributed by atoms with Crippen molar-refractivity contribution in [3.05, 3.63) is 66.0 Å². The fourth-order valence-corrected chi connectivity index (χ4v) is 2.73. The van der Waals surface area contributed by atoms with Crippen LogP contribution in [0.4, 0.5) is 11.8 Å². The van der Waals surface area contributed by atoms with E-state index >= 15 is 0 Å². The maximum Gasteiger partial charge on any atom is 0.224 e. The minimum atomic E-state index is -0.931. The summed E-state index contributed by atoms with van der Waals surface area (Å²) in [6.07, 6.45) is -0.931. The van der Waals surface area contributed by atoms with Crippen LogP contribution in [0.2, 0.25) is 0 Å². The van der Waals surface area contributed by atoms with E-state index in [1.54, 1.807) is 0 Å². The van der Waals surface area contributed by atoms with Gasteiger partial charge in [0.15, 0.2) is 17.0 Å². The zero-order chi connectivity index (χ0) is 17.4. The molecular weight excluding hydrogens is 316 g/mol. The Morgan fingerprint density at radius 2 is 1.52 bits per heavy atom. The van der Waals surface area contributed by atoms with E-state index in [1.165, 1.54) is 0 Å². The second-order valence-corrected chi connectivity index (χ2v) is 5.68. The van der Waals surface area contributed by atoms with E-state index in [2.05, 4.69) is 19.9 Å². The first kappa shape index (κ1) is 15.1. The number of aliphatic hydroxyl groups is 1. The number of aliphatic hydroxyl groups excluding tert-OH is 1. The van der Waals surface area contributed by atoms with Gasteiger partial charge in [-0.25, -0.2) is 4.98 Å². The number of nitrogens with one attached hydrogen (secondary N) is 1. The van der Waals surface area contributed by atoms with Gasteiger partial charge >= 0.3 is 0 Å². The van der Waals surface area contributed by atoms with Gasteiger partial charge in [0.2, 0.25) is 5.95 Å². The molecule has 0 amide bonds. The number of aromatic nitrogens is 4. The van der Waals surface area contributed by atoms with Gasteiger partial charge < -0.3 is 21.6 Å². The topological polar surface area (TPSA) is 127 Å². The number of nitrogens with two attached hydrogens (primary N) is 2. The normalized spacial score (nSPS) is 12.4. The van der Waals surface area contributed by atoms with Crippen LogP contribution in [0.1, 0.15) is 17.5 Å². The molecule has 124 valence electrons. The van der Waals surface area contributed by atoms with Crippen LogP contribution in [0.5, 0.6) is 0 Å². The fraction of sp³-hybridized carbons (Fsp3) is 0.0556. The molecule has 2 aromatic heterocycles. The highest BCUT2D eigenvalue weighted by molar-refractivity contribution is 5.82. The van der Waals surface area contributed by atoms with Gasteiger partial charge in [-0.2, -0.15) is 9.97 Å². The molecule has 4 rings (SSSR count). The highest BCUT2D eigenvalue weighted by atomic mass is 16.3. The molecule has 25 heavy (non-hydrogen) atoms. The highest BCUT2D eigenvalue weighted by Crippen LogP contribution is 2.26. The molecule has 0 spiro atoms. The van der Waals surface area contributed by atoms with Crippen LogP contribution in [0, 0.1) is 0 Å². The van der Waals surface area contributed by atoms with Gasteiger partial charge in [0.25, 0.3) is 0 Å². The van der Waals surface area contributed by atoms with Crippen LogP contribution in [0.25, 0.3) is 22.3 Å². The van der Waals surface area contributed by atoms with Crippen molar-refractivity contribution in [2.24, 2.45) is 0 Å². The number of imidazole rings is 1. The van der Waals surface area contributed by atoms with E-state index in [9.17, 15) is 5.11 Å². The summed E-state index contributed by atoms with van der Waals surface area (Å²) in [5, 5.41) is 10.6. The van der Waals surface area contributed by atoms with Gasteiger partial charge in [0.05, 0.1) is 0 Å². The van der Waals surface area contributed by atoms with Gasteiger partial charge in [0, 0.05) is 0 Å². The highest BCUT2D eigenvalue weighted by Gasteiger charge is 2.17. The average Bonchev–Trinajstić information content (AvgIpc) is 3.06. The summed E-state index contributed by atoms with van der Waals surface area (Å²) in [5.74, 6) is 0.576. The molecule has 4 aromatic rings. The Labute approximate surface area is 143 Å². The predicted molar refractivity (Wildman–Crippen MR) is 96.4 cm³/mol. The third-order valence-corrected chi connectivity index (χ3v) is 4.00. The first-order valence-corrected chi connectivity index (χ1v) is 7.74. The molecular formula is C18H16N6O. The average molecular weight is 332 g/mol. The minimum Gasteiger partial charge on any atom is -0.382 e. The van der Waals surface area contributed by atoms with Crippen molar-refractivity contribution in [1.82, 2.24) is 19.9 Å². The summed E-state index contributed by atoms with van der Waals surface area (Å²) in [6, 6.07) is 17.7. The molecule has 0 aliphatic rings. The Kier molecular flexibility index (Phi) is 3.55. The van der Waals surface area contributed by atoms with Crippen molar-refractivity contribution < 1.29 is 5.11 Å². The fourth-order valence-electron chi connectivity index (χ4n) is 2.73. The van der Waals surface area contributed by atoms with E-state index in [1.807, 2.05) is 54.6 Å². The van der Waals surface area contributed by atoms with Gasteiger partial charge in [0.1, 0.15) is 11.9 Å². The van der Waals surface area contributed by atoms with Crippen LogP contribution in [0.3, 0.4) is 0 Å². The lowest BCUT2D eigenvalue weighted by Gasteiger charge is -2.09. The lowest BCUT2D eigenvalue weighted by molar-refractivity contribution is 0.211. The third-order valence-electron chi connectivity index (χ3n) is 4.00. The molecule has 0 radical (unpaired) electrons. The van der Waals surface area contributed by atoms with Crippen LogP contribution in [-0.4, -0.2) is 25.0 Å². The molecule has 0 aliphatic heterocycles. The minimum absolute atomic E-state index is 0.0573. The molecule has 0 saturated carbocycles. The Hall–Kier alpha value is -3.45. The second-order valence-electron chi connectivity index (χ2n) is 5.68. The van der Waals surface area contributed by atoms with E-state index < -0.39 is 6.10 Å². The van der Waals surface area contributed by atoms with Crippen molar-refractivity contribution in [3.63, 3.8) is 0 Å². The lowest BCUT2D eigenvalue weighted by atomic mass is 10.0. The van der Waals surface area contributed by atoms with Crippen molar-refractivity contribution in [2.75, 3.05) is 11.5 Å². The predicted octanol–water partition coefficient (Wildman–Crippen LogP) is 2.27. The molecule has 6 N–H and O–H groups in total. The first-order chi connectivity index (χ1) is 12.1. The standard InChI is InChI=1S/C18H16N6O/c19-15-13-16(24-18(20)22-15)23-17(21-13)14(25)12-8-6-11(7-9-12)10-4-2-1-3-5-10/h1-9,14,25H,(H5,19,20,21,22,23,24). The summed E-state index contributed by atoms with van der Waals surface area (Å²) in [6.45, 7) is 0. The molecule has 1 atom stereocenters. The van der Waals surface area contributed by atoms with Crippen molar-refractivity contribution >= 4 is 22.9 Å². The number of fused-ring (bicyclic) bond motifs is 1. The summed E-state index contributed by atoms with van der Waals surface area (Å²) in [7, 11) is 0. The zero-order valence-corrected chi connectivity index (χ0v) is 13.2. The summed E-state index contributed by atoms with van der Waals surface area (Å²) in [4.78, 5) is 15.2. The number of aromatic amines is 1. The molecule has 1 unspecified atom stereocenters. The molecule has 0 fully saturated rings. The molecule has 0 bridgehead atoms. The van der Waals surface area contributed by atoms with E-state index in [-0.39, 0.29) is 11.8 Å². The van der Waals surface area contributed by atoms with Crippen molar-refractivity contribution in [2.45, 2.75) is 6.10 Å². The Balaban J connectivity index is 1.67. The number of H-pyrrole nitrogens is 1. The van der Waals surface area contributed by atoms with E-state index in [0.29, 0.717) is 22.6 Å². The Morgan fingerprint density at radius 1 is 0.840 bits per heavy atom. The smallest absolute Gasteiger partial charge is 0.224 e. The molecule has 2 heterocycles. The Bertz CT molecular complexity index is 1030. The SMILES string of the molecule is Nc1nc(N)c2nc(C(O)c3ccc(-c4ccccc4)cc3)[nH]c2n1. The van der Waals surface area contributed by atoms with Crippen molar-refractivity contribution in [1.29, 1.82) is 0 Å². The van der Waals surface area contributed by atoms with Crippen LogP contribution in [0.15, 0.2) is 54.6 Å². The molecule has 0 saturated heterocycles. The summed E-state index contributed by atoms with van der Waals surface area (Å²) >= 11 is 0. The third kappa shape index (κ3) is 2.77. The largest absolute Gasteiger partial charge is 0.382 e. The number of hydrogen-bond donors (Lipinski definition) is 4. The van der Waals surface area contributed by atoms with Crippen LogP contribution >= 0.6 is 0 Å². The first-order valence-electron chi connectivity index (χ1n) is 7.74. The maximum absolute atomic E-state index is 10.6. The number of nitrogens with zero attached hydrogens (tertiary/aromatic N) is 3. The zero-order valence-electron chi connectivity index (χ0n) is 13.2. The number of anilines is 2. The number of benzene rings is 2. The quantitative estimate of drug-likeness (QED) is 0.456. The molecule has 7 heteroatoms. The second kappa shape index (κ2) is 5.88. The lowest BCUT2D eigenvalue weighted by Crippen LogP contribution is -2.01. The van der Waals surface area contributed by atoms with Gasteiger partial charge in [-0.1, -0.05) is 54.6 Å². The number of rotatable bonds is 3. The van der Waals surface area contributed by atoms with Crippen LogP contribution < -0.4 is 11.5 Å². The Morgan fingerprint density at radius 3 is 2.24 bits per heavy atom. The van der Waals surface area contributed by atoms with Gasteiger partial charge in [-0.15, -0.1) is 0 Å². The summed E-state index contributed by atoms with van der Waals surface area (Å²) in [5.41, 5.74) is 15.1. The van der Waals surface area contributed by atoms with Gasteiger partial charge in [-0.05, 0) is 16.7 Å². The van der Waals surface area contributed by atoms with E-state index in [0.717, 1.165) is 11.1 Å². The monoisotopic (exact) mass is 332 g/mol. The number of nitrogen functional groups attached to an aromatic ring is 2. The maximum atomic E-state index is 10.6. The van der Waals surface area contributed by atoms with Crippen LogP contribution in [-0.2, 0) is 0 Å². The summed E-state index contributed by atoms with van der Waals surface area (Å²) < 4.78 is 0. The number of hydrogen-bond acceptors (Lipinski definition) is 6. The molecule has 0 aliphatic carbocycles.